The summed E-state index contributed by atoms with van der Waals surface area (Å²) in [6.45, 7) is 1.33. The number of halogens is 2. The predicted octanol–water partition coefficient (Wildman–Crippen LogP) is 3.41. The first-order chi connectivity index (χ1) is 15.4. The summed E-state index contributed by atoms with van der Waals surface area (Å²) in [5.41, 5.74) is 1.57. The molecule has 1 aliphatic rings. The Kier molecular flexibility index (Phi) is 4.98. The number of nitrogens with zero attached hydrogens (tertiary/aromatic N) is 5. The molecule has 3 heterocycles. The largest absolute Gasteiger partial charge is 0.497 e. The van der Waals surface area contributed by atoms with Crippen molar-refractivity contribution in [2.75, 3.05) is 18.6 Å². The Balaban J connectivity index is 1.63. The van der Waals surface area contributed by atoms with Crippen molar-refractivity contribution < 1.29 is 4.74 Å². The van der Waals surface area contributed by atoms with Gasteiger partial charge in [-0.25, -0.2) is 4.79 Å². The minimum atomic E-state index is -0.443. The molecule has 0 fully saturated rings. The molecule has 0 bridgehead atoms. The van der Waals surface area contributed by atoms with Crippen molar-refractivity contribution in [3.05, 3.63) is 78.9 Å². The molecule has 164 valence electrons. The van der Waals surface area contributed by atoms with Crippen LogP contribution in [0.1, 0.15) is 5.56 Å². The number of anilines is 2. The van der Waals surface area contributed by atoms with E-state index in [-0.39, 0.29) is 12.1 Å². The Bertz CT molecular complexity index is 1470. The van der Waals surface area contributed by atoms with Gasteiger partial charge in [0.05, 0.1) is 23.7 Å². The molecule has 4 aromatic rings. The molecule has 8 nitrogen and oxygen atoms in total. The first-order valence-corrected chi connectivity index (χ1v) is 10.7. The fourth-order valence-corrected chi connectivity index (χ4v) is 4.37. The van der Waals surface area contributed by atoms with Crippen LogP contribution in [0.3, 0.4) is 0 Å². The zero-order valence-corrected chi connectivity index (χ0v) is 18.9. The standard InChI is InChI=1S/C22H19Cl2N5O3/c1-26-19-18(20(30)29(22(26)31)12-13-3-8-16(23)17(24)11-13)28-10-9-27(21(28)25-19)14-4-6-15(32-2)7-5-14/h3-8,11H,9-10,12H2,1-2H3. The van der Waals surface area contributed by atoms with Gasteiger partial charge in [0.2, 0.25) is 5.95 Å². The summed E-state index contributed by atoms with van der Waals surface area (Å²) in [4.78, 5) is 33.1. The van der Waals surface area contributed by atoms with Crippen LogP contribution in [0.15, 0.2) is 52.1 Å². The van der Waals surface area contributed by atoms with Crippen molar-refractivity contribution >= 4 is 46.0 Å². The van der Waals surface area contributed by atoms with Crippen LogP contribution in [-0.2, 0) is 20.1 Å². The van der Waals surface area contributed by atoms with Gasteiger partial charge in [0.15, 0.2) is 11.2 Å². The number of ether oxygens (including phenoxy) is 1. The molecule has 0 N–H and O–H groups in total. The summed E-state index contributed by atoms with van der Waals surface area (Å²) in [5, 5.41) is 0.786. The zero-order chi connectivity index (χ0) is 22.6. The minimum absolute atomic E-state index is 0.0844. The third-order valence-corrected chi connectivity index (χ3v) is 6.45. The molecule has 5 rings (SSSR count). The number of hydrogen-bond donors (Lipinski definition) is 0. The SMILES string of the molecule is COc1ccc(N2CCn3c2nc2c3c(=O)n(Cc3ccc(Cl)c(Cl)c3)c(=O)n2C)cc1. The van der Waals surface area contributed by atoms with Crippen LogP contribution >= 0.6 is 23.2 Å². The molecule has 0 spiro atoms. The number of hydrogen-bond acceptors (Lipinski definition) is 5. The lowest BCUT2D eigenvalue weighted by atomic mass is 10.2. The van der Waals surface area contributed by atoms with Gasteiger partial charge < -0.3 is 14.2 Å². The van der Waals surface area contributed by atoms with Crippen LogP contribution in [0.2, 0.25) is 10.0 Å². The Morgan fingerprint density at radius 1 is 1.03 bits per heavy atom. The van der Waals surface area contributed by atoms with Gasteiger partial charge in [-0.05, 0) is 42.0 Å². The highest BCUT2D eigenvalue weighted by Crippen LogP contribution is 2.32. The van der Waals surface area contributed by atoms with Crippen molar-refractivity contribution in [2.24, 2.45) is 7.05 Å². The van der Waals surface area contributed by atoms with Crippen LogP contribution in [0.25, 0.3) is 11.2 Å². The van der Waals surface area contributed by atoms with Gasteiger partial charge in [-0.3, -0.25) is 13.9 Å². The van der Waals surface area contributed by atoms with E-state index in [9.17, 15) is 9.59 Å². The molecule has 0 radical (unpaired) electrons. The van der Waals surface area contributed by atoms with E-state index in [1.807, 2.05) is 33.7 Å². The summed E-state index contributed by atoms with van der Waals surface area (Å²) in [6.07, 6.45) is 0. The van der Waals surface area contributed by atoms with E-state index in [4.69, 9.17) is 27.9 Å². The van der Waals surface area contributed by atoms with E-state index in [0.717, 1.165) is 11.4 Å². The first-order valence-electron chi connectivity index (χ1n) is 9.94. The molecule has 0 aliphatic carbocycles. The maximum absolute atomic E-state index is 13.4. The average Bonchev–Trinajstić information content (AvgIpc) is 3.37. The van der Waals surface area contributed by atoms with Crippen LogP contribution in [0.5, 0.6) is 5.75 Å². The third kappa shape index (κ3) is 3.18. The maximum atomic E-state index is 13.4. The molecule has 0 amide bonds. The highest BCUT2D eigenvalue weighted by Gasteiger charge is 2.28. The van der Waals surface area contributed by atoms with E-state index in [2.05, 4.69) is 4.98 Å². The van der Waals surface area contributed by atoms with E-state index in [1.165, 1.54) is 9.13 Å². The minimum Gasteiger partial charge on any atom is -0.497 e. The summed E-state index contributed by atoms with van der Waals surface area (Å²) < 4.78 is 9.71. The molecule has 10 heteroatoms. The number of aromatic nitrogens is 4. The Hall–Kier alpha value is -3.23. The van der Waals surface area contributed by atoms with Crippen LogP contribution in [0, 0.1) is 0 Å². The number of aryl methyl sites for hydroxylation is 1. The van der Waals surface area contributed by atoms with E-state index >= 15 is 0 Å². The summed E-state index contributed by atoms with van der Waals surface area (Å²) in [5.74, 6) is 1.39. The predicted molar refractivity (Wildman–Crippen MR) is 125 cm³/mol. The fraction of sp³-hybridized carbons (Fsp3) is 0.227. The molecule has 0 atom stereocenters. The molecule has 0 saturated carbocycles. The van der Waals surface area contributed by atoms with Gasteiger partial charge in [0.1, 0.15) is 5.75 Å². The zero-order valence-electron chi connectivity index (χ0n) is 17.4. The highest BCUT2D eigenvalue weighted by atomic mass is 35.5. The number of rotatable bonds is 4. The van der Waals surface area contributed by atoms with Crippen LogP contribution < -0.4 is 20.9 Å². The lowest BCUT2D eigenvalue weighted by molar-refractivity contribution is 0.415. The molecule has 0 saturated heterocycles. The lowest BCUT2D eigenvalue weighted by Crippen LogP contribution is -2.40. The first kappa shape index (κ1) is 20.7. The van der Waals surface area contributed by atoms with Crippen molar-refractivity contribution in [3.63, 3.8) is 0 Å². The van der Waals surface area contributed by atoms with Crippen LogP contribution in [0.4, 0.5) is 11.6 Å². The Labute approximate surface area is 192 Å². The summed E-state index contributed by atoms with van der Waals surface area (Å²) >= 11 is 12.1. The second-order valence-corrected chi connectivity index (χ2v) is 8.38. The second-order valence-electron chi connectivity index (χ2n) is 7.57. The van der Waals surface area contributed by atoms with E-state index in [1.54, 1.807) is 32.4 Å². The van der Waals surface area contributed by atoms with E-state index in [0.29, 0.717) is 45.8 Å². The molecule has 32 heavy (non-hydrogen) atoms. The van der Waals surface area contributed by atoms with E-state index < -0.39 is 5.69 Å². The topological polar surface area (TPSA) is 74.3 Å². The van der Waals surface area contributed by atoms with Gasteiger partial charge in [0, 0.05) is 25.8 Å². The van der Waals surface area contributed by atoms with Crippen molar-refractivity contribution in [1.29, 1.82) is 0 Å². The van der Waals surface area contributed by atoms with Crippen molar-refractivity contribution in [3.8, 4) is 5.75 Å². The quantitative estimate of drug-likeness (QED) is 0.455. The normalized spacial score (nSPS) is 13.1. The van der Waals surface area contributed by atoms with Crippen LogP contribution in [-0.4, -0.2) is 32.3 Å². The molecular weight excluding hydrogens is 453 g/mol. The number of imidazole rings is 1. The molecular formula is C22H19Cl2N5O3. The molecule has 2 aromatic heterocycles. The number of methoxy groups -OCH3 is 1. The van der Waals surface area contributed by atoms with Gasteiger partial charge in [-0.15, -0.1) is 0 Å². The van der Waals surface area contributed by atoms with Gasteiger partial charge in [-0.1, -0.05) is 29.3 Å². The number of fused-ring (bicyclic) bond motifs is 3. The third-order valence-electron chi connectivity index (χ3n) is 5.71. The summed E-state index contributed by atoms with van der Waals surface area (Å²) in [6, 6.07) is 12.7. The molecule has 2 aromatic carbocycles. The van der Waals surface area contributed by atoms with Gasteiger partial charge in [-0.2, -0.15) is 4.98 Å². The van der Waals surface area contributed by atoms with Crippen molar-refractivity contribution in [1.82, 2.24) is 18.7 Å². The lowest BCUT2D eigenvalue weighted by Gasteiger charge is -2.16. The average molecular weight is 472 g/mol. The number of benzene rings is 2. The smallest absolute Gasteiger partial charge is 0.332 e. The Morgan fingerprint density at radius 2 is 1.78 bits per heavy atom. The molecule has 1 aliphatic heterocycles. The van der Waals surface area contributed by atoms with Gasteiger partial charge >= 0.3 is 5.69 Å². The Morgan fingerprint density at radius 3 is 2.47 bits per heavy atom. The summed E-state index contributed by atoms with van der Waals surface area (Å²) in [7, 11) is 3.24. The highest BCUT2D eigenvalue weighted by molar-refractivity contribution is 6.42. The van der Waals surface area contributed by atoms with Gasteiger partial charge in [0.25, 0.3) is 5.56 Å². The van der Waals surface area contributed by atoms with Crippen molar-refractivity contribution in [2.45, 2.75) is 13.1 Å². The second kappa shape index (κ2) is 7.72. The monoisotopic (exact) mass is 471 g/mol. The molecule has 0 unspecified atom stereocenters. The fourth-order valence-electron chi connectivity index (χ4n) is 4.04. The maximum Gasteiger partial charge on any atom is 0.332 e.